The summed E-state index contributed by atoms with van der Waals surface area (Å²) in [5.41, 5.74) is 0. The van der Waals surface area contributed by atoms with Gasteiger partial charge in [-0.15, -0.1) is 0 Å². The number of ether oxygens (including phenoxy) is 2. The van der Waals surface area contributed by atoms with Crippen molar-refractivity contribution in [2.75, 3.05) is 14.2 Å². The highest BCUT2D eigenvalue weighted by atomic mass is 16.5. The van der Waals surface area contributed by atoms with Gasteiger partial charge in [0.2, 0.25) is 0 Å². The van der Waals surface area contributed by atoms with Gasteiger partial charge < -0.3 is 14.8 Å². The SMILES string of the molecule is CNC1CCC(C)CC1Oc1ccc(OC)cc1. The standard InChI is InChI=1S/C15H23NO2/c1-11-4-9-14(16-2)15(10-11)18-13-7-5-12(17-3)6-8-13/h5-8,11,14-16H,4,9-10H2,1-3H3. The number of hydrogen-bond acceptors (Lipinski definition) is 3. The predicted octanol–water partition coefficient (Wildman–Crippen LogP) is 2.85. The molecule has 1 saturated carbocycles. The molecule has 1 aliphatic rings. The van der Waals surface area contributed by atoms with Gasteiger partial charge in [-0.1, -0.05) is 6.92 Å². The third-order valence-electron chi connectivity index (χ3n) is 3.77. The van der Waals surface area contributed by atoms with Crippen LogP contribution in [0.15, 0.2) is 24.3 Å². The maximum Gasteiger partial charge on any atom is 0.120 e. The molecule has 2 rings (SSSR count). The van der Waals surface area contributed by atoms with Crippen molar-refractivity contribution in [1.29, 1.82) is 0 Å². The molecule has 1 fully saturated rings. The number of likely N-dealkylation sites (N-methyl/N-ethyl adjacent to an activating group) is 1. The van der Waals surface area contributed by atoms with Gasteiger partial charge in [-0.25, -0.2) is 0 Å². The lowest BCUT2D eigenvalue weighted by molar-refractivity contribution is 0.0943. The summed E-state index contributed by atoms with van der Waals surface area (Å²) in [6, 6.07) is 8.30. The Hall–Kier alpha value is -1.22. The molecule has 0 aliphatic heterocycles. The summed E-state index contributed by atoms with van der Waals surface area (Å²) < 4.78 is 11.3. The monoisotopic (exact) mass is 249 g/mol. The van der Waals surface area contributed by atoms with Crippen LogP contribution < -0.4 is 14.8 Å². The molecule has 1 aromatic rings. The first-order chi connectivity index (χ1) is 8.72. The smallest absolute Gasteiger partial charge is 0.120 e. The van der Waals surface area contributed by atoms with Crippen molar-refractivity contribution in [3.05, 3.63) is 24.3 Å². The molecule has 1 N–H and O–H groups in total. The van der Waals surface area contributed by atoms with Gasteiger partial charge in [0.15, 0.2) is 0 Å². The Bertz CT molecular complexity index is 363. The van der Waals surface area contributed by atoms with E-state index in [2.05, 4.69) is 12.2 Å². The summed E-state index contributed by atoms with van der Waals surface area (Å²) in [7, 11) is 3.70. The van der Waals surface area contributed by atoms with Gasteiger partial charge in [-0.05, 0) is 56.5 Å². The maximum absolute atomic E-state index is 6.11. The van der Waals surface area contributed by atoms with E-state index in [1.54, 1.807) is 7.11 Å². The van der Waals surface area contributed by atoms with E-state index >= 15 is 0 Å². The summed E-state index contributed by atoms with van der Waals surface area (Å²) in [4.78, 5) is 0. The van der Waals surface area contributed by atoms with Crippen LogP contribution in [-0.2, 0) is 0 Å². The predicted molar refractivity (Wildman–Crippen MR) is 73.3 cm³/mol. The molecule has 0 radical (unpaired) electrons. The number of benzene rings is 1. The Morgan fingerprint density at radius 2 is 1.78 bits per heavy atom. The molecule has 3 nitrogen and oxygen atoms in total. The minimum atomic E-state index is 0.271. The van der Waals surface area contributed by atoms with E-state index in [1.165, 1.54) is 12.8 Å². The van der Waals surface area contributed by atoms with Crippen molar-refractivity contribution < 1.29 is 9.47 Å². The Labute approximate surface area is 109 Å². The first kappa shape index (κ1) is 13.2. The third kappa shape index (κ3) is 3.16. The molecule has 3 atom stereocenters. The highest BCUT2D eigenvalue weighted by Gasteiger charge is 2.29. The molecule has 1 aromatic carbocycles. The third-order valence-corrected chi connectivity index (χ3v) is 3.77. The zero-order valence-electron chi connectivity index (χ0n) is 11.5. The number of nitrogens with one attached hydrogen (secondary N) is 1. The summed E-state index contributed by atoms with van der Waals surface area (Å²) >= 11 is 0. The molecule has 3 unspecified atom stereocenters. The molecule has 0 bridgehead atoms. The Morgan fingerprint density at radius 3 is 2.39 bits per heavy atom. The van der Waals surface area contributed by atoms with E-state index in [0.29, 0.717) is 6.04 Å². The van der Waals surface area contributed by atoms with Gasteiger partial charge in [-0.2, -0.15) is 0 Å². The molecule has 18 heavy (non-hydrogen) atoms. The summed E-state index contributed by atoms with van der Waals surface area (Å²) in [6.07, 6.45) is 3.87. The van der Waals surface area contributed by atoms with Crippen molar-refractivity contribution in [2.45, 2.75) is 38.3 Å². The molecule has 0 aromatic heterocycles. The zero-order valence-corrected chi connectivity index (χ0v) is 11.5. The Kier molecular flexibility index (Phi) is 4.48. The van der Waals surface area contributed by atoms with Crippen molar-refractivity contribution in [3.63, 3.8) is 0 Å². The van der Waals surface area contributed by atoms with E-state index in [0.717, 1.165) is 23.8 Å². The molecule has 0 spiro atoms. The lowest BCUT2D eigenvalue weighted by Crippen LogP contribution is -2.45. The summed E-state index contributed by atoms with van der Waals surface area (Å²) in [5.74, 6) is 2.54. The van der Waals surface area contributed by atoms with Crippen LogP contribution >= 0.6 is 0 Å². The van der Waals surface area contributed by atoms with Crippen LogP contribution in [0.1, 0.15) is 26.2 Å². The van der Waals surface area contributed by atoms with Crippen molar-refractivity contribution in [3.8, 4) is 11.5 Å². The summed E-state index contributed by atoms with van der Waals surface area (Å²) in [5, 5.41) is 3.37. The van der Waals surface area contributed by atoms with Crippen LogP contribution in [0.3, 0.4) is 0 Å². The van der Waals surface area contributed by atoms with E-state index in [9.17, 15) is 0 Å². The fourth-order valence-corrected chi connectivity index (χ4v) is 2.62. The van der Waals surface area contributed by atoms with E-state index in [1.807, 2.05) is 31.3 Å². The van der Waals surface area contributed by atoms with Crippen molar-refractivity contribution in [2.24, 2.45) is 5.92 Å². The molecule has 0 heterocycles. The van der Waals surface area contributed by atoms with Gasteiger partial charge in [0.05, 0.1) is 7.11 Å². The highest BCUT2D eigenvalue weighted by molar-refractivity contribution is 5.31. The van der Waals surface area contributed by atoms with Gasteiger partial charge in [-0.3, -0.25) is 0 Å². The van der Waals surface area contributed by atoms with Crippen LogP contribution in [0.2, 0.25) is 0 Å². The Balaban J connectivity index is 2.01. The van der Waals surface area contributed by atoms with Gasteiger partial charge in [0.25, 0.3) is 0 Å². The second kappa shape index (κ2) is 6.10. The quantitative estimate of drug-likeness (QED) is 0.890. The van der Waals surface area contributed by atoms with Crippen LogP contribution in [0, 0.1) is 5.92 Å². The van der Waals surface area contributed by atoms with Crippen LogP contribution in [0.5, 0.6) is 11.5 Å². The van der Waals surface area contributed by atoms with Crippen LogP contribution in [-0.4, -0.2) is 26.3 Å². The second-order valence-electron chi connectivity index (χ2n) is 5.15. The number of hydrogen-bond donors (Lipinski definition) is 1. The molecule has 3 heteroatoms. The van der Waals surface area contributed by atoms with Gasteiger partial charge >= 0.3 is 0 Å². The minimum Gasteiger partial charge on any atom is -0.497 e. The van der Waals surface area contributed by atoms with Crippen molar-refractivity contribution in [1.82, 2.24) is 5.32 Å². The van der Waals surface area contributed by atoms with Gasteiger partial charge in [0, 0.05) is 6.04 Å². The topological polar surface area (TPSA) is 30.5 Å². The first-order valence-electron chi connectivity index (χ1n) is 6.71. The maximum atomic E-state index is 6.11. The zero-order chi connectivity index (χ0) is 13.0. The highest BCUT2D eigenvalue weighted by Crippen LogP contribution is 2.28. The van der Waals surface area contributed by atoms with Crippen LogP contribution in [0.25, 0.3) is 0 Å². The average Bonchev–Trinajstić information content (AvgIpc) is 2.40. The summed E-state index contributed by atoms with van der Waals surface area (Å²) in [6.45, 7) is 2.30. The molecule has 0 saturated heterocycles. The molecule has 100 valence electrons. The first-order valence-corrected chi connectivity index (χ1v) is 6.71. The molecular weight excluding hydrogens is 226 g/mol. The largest absolute Gasteiger partial charge is 0.497 e. The molecular formula is C15H23NO2. The fraction of sp³-hybridized carbons (Fsp3) is 0.600. The van der Waals surface area contributed by atoms with E-state index < -0.39 is 0 Å². The second-order valence-corrected chi connectivity index (χ2v) is 5.15. The normalized spacial score (nSPS) is 27.8. The lowest BCUT2D eigenvalue weighted by atomic mass is 9.85. The Morgan fingerprint density at radius 1 is 1.11 bits per heavy atom. The van der Waals surface area contributed by atoms with E-state index in [-0.39, 0.29) is 6.10 Å². The minimum absolute atomic E-state index is 0.271. The lowest BCUT2D eigenvalue weighted by Gasteiger charge is -2.34. The molecule has 1 aliphatic carbocycles. The number of rotatable bonds is 4. The molecule has 0 amide bonds. The van der Waals surface area contributed by atoms with E-state index in [4.69, 9.17) is 9.47 Å². The number of methoxy groups -OCH3 is 1. The van der Waals surface area contributed by atoms with Gasteiger partial charge in [0.1, 0.15) is 17.6 Å². The fourth-order valence-electron chi connectivity index (χ4n) is 2.62. The average molecular weight is 249 g/mol. The van der Waals surface area contributed by atoms with Crippen LogP contribution in [0.4, 0.5) is 0 Å². The van der Waals surface area contributed by atoms with Crippen molar-refractivity contribution >= 4 is 0 Å².